The van der Waals surface area contributed by atoms with Crippen LogP contribution in [0.3, 0.4) is 0 Å². The lowest BCUT2D eigenvalue weighted by atomic mass is 10.0. The summed E-state index contributed by atoms with van der Waals surface area (Å²) in [6, 6.07) is 9.46. The highest BCUT2D eigenvalue weighted by atomic mass is 32.1. The normalized spacial score (nSPS) is 12.9. The molecule has 0 radical (unpaired) electrons. The number of hydrogen-bond donors (Lipinski definition) is 2. The van der Waals surface area contributed by atoms with E-state index in [0.29, 0.717) is 16.1 Å². The van der Waals surface area contributed by atoms with Crippen molar-refractivity contribution in [1.82, 2.24) is 0 Å². The maximum Gasteiger partial charge on any atom is 0.256 e. The Balaban J connectivity index is 1.82. The van der Waals surface area contributed by atoms with Gasteiger partial charge in [-0.3, -0.25) is 4.79 Å². The molecule has 1 aliphatic heterocycles. The van der Waals surface area contributed by atoms with Crippen LogP contribution in [0.15, 0.2) is 29.6 Å². The lowest BCUT2D eigenvalue weighted by Crippen LogP contribution is -2.15. The van der Waals surface area contributed by atoms with Gasteiger partial charge in [0.05, 0.1) is 5.56 Å². The molecule has 0 bridgehead atoms. The van der Waals surface area contributed by atoms with E-state index in [1.807, 2.05) is 18.2 Å². The van der Waals surface area contributed by atoms with Gasteiger partial charge >= 0.3 is 0 Å². The molecule has 1 amide bonds. The number of amides is 1. The van der Waals surface area contributed by atoms with Gasteiger partial charge in [-0.05, 0) is 48.1 Å². The van der Waals surface area contributed by atoms with Crippen LogP contribution in [0.25, 0.3) is 0 Å². The van der Waals surface area contributed by atoms with Crippen LogP contribution in [0.2, 0.25) is 0 Å². The predicted octanol–water partition coefficient (Wildman–Crippen LogP) is 3.23. The lowest BCUT2D eigenvalue weighted by Gasteiger charge is -2.18. The molecule has 1 aliphatic rings. The van der Waals surface area contributed by atoms with E-state index in [1.165, 1.54) is 16.9 Å². The molecule has 0 unspecified atom stereocenters. The Morgan fingerprint density at radius 1 is 1.40 bits per heavy atom. The van der Waals surface area contributed by atoms with Gasteiger partial charge in [-0.1, -0.05) is 0 Å². The number of thiophene rings is 1. The van der Waals surface area contributed by atoms with Gasteiger partial charge in [0, 0.05) is 17.8 Å². The number of nitrogens with zero attached hydrogens (tertiary/aromatic N) is 1. The third-order valence-corrected chi connectivity index (χ3v) is 4.15. The number of carbonyl (C=O) groups excluding carboxylic acids is 1. The molecular formula is C15H13N3OS. The minimum absolute atomic E-state index is 0.169. The first kappa shape index (κ1) is 12.7. The topological polar surface area (TPSA) is 64.9 Å². The summed E-state index contributed by atoms with van der Waals surface area (Å²) in [7, 11) is 0. The lowest BCUT2D eigenvalue weighted by molar-refractivity contribution is 0.102. The van der Waals surface area contributed by atoms with Crippen LogP contribution in [0.4, 0.5) is 10.7 Å². The second kappa shape index (κ2) is 5.35. The second-order valence-electron chi connectivity index (χ2n) is 4.63. The van der Waals surface area contributed by atoms with Crippen molar-refractivity contribution in [2.45, 2.75) is 12.8 Å². The maximum atomic E-state index is 12.2. The van der Waals surface area contributed by atoms with Gasteiger partial charge in [0.15, 0.2) is 0 Å². The first-order valence-corrected chi connectivity index (χ1v) is 7.31. The zero-order chi connectivity index (χ0) is 13.9. The van der Waals surface area contributed by atoms with Crippen LogP contribution in [0.5, 0.6) is 0 Å². The van der Waals surface area contributed by atoms with Crippen LogP contribution in [-0.4, -0.2) is 12.5 Å². The van der Waals surface area contributed by atoms with Crippen molar-refractivity contribution in [2.24, 2.45) is 0 Å². The Morgan fingerprint density at radius 2 is 2.30 bits per heavy atom. The fourth-order valence-corrected chi connectivity index (χ4v) is 3.02. The molecule has 2 N–H and O–H groups in total. The fourth-order valence-electron chi connectivity index (χ4n) is 2.29. The molecule has 0 saturated heterocycles. The molecule has 5 heteroatoms. The van der Waals surface area contributed by atoms with Crippen molar-refractivity contribution in [3.63, 3.8) is 0 Å². The molecule has 1 aromatic carbocycles. The summed E-state index contributed by atoms with van der Waals surface area (Å²) in [6.07, 6.45) is 2.08. The van der Waals surface area contributed by atoms with E-state index in [2.05, 4.69) is 16.7 Å². The molecule has 0 saturated carbocycles. The molecule has 20 heavy (non-hydrogen) atoms. The van der Waals surface area contributed by atoms with E-state index >= 15 is 0 Å². The smallest absolute Gasteiger partial charge is 0.256 e. The molecule has 0 spiro atoms. The monoisotopic (exact) mass is 283 g/mol. The van der Waals surface area contributed by atoms with Crippen molar-refractivity contribution < 1.29 is 4.79 Å². The van der Waals surface area contributed by atoms with Gasteiger partial charge in [-0.15, -0.1) is 11.3 Å². The molecular weight excluding hydrogens is 270 g/mol. The van der Waals surface area contributed by atoms with Crippen molar-refractivity contribution in [3.05, 3.63) is 46.3 Å². The predicted molar refractivity (Wildman–Crippen MR) is 80.2 cm³/mol. The largest absolute Gasteiger partial charge is 0.385 e. The number of hydrogen-bond acceptors (Lipinski definition) is 4. The number of anilines is 2. The van der Waals surface area contributed by atoms with Crippen molar-refractivity contribution >= 4 is 27.9 Å². The molecule has 0 fully saturated rings. The minimum atomic E-state index is -0.169. The molecule has 2 aromatic rings. The van der Waals surface area contributed by atoms with E-state index in [0.717, 1.165) is 25.1 Å². The van der Waals surface area contributed by atoms with Gasteiger partial charge in [0.25, 0.3) is 5.91 Å². The fraction of sp³-hybridized carbons (Fsp3) is 0.200. The van der Waals surface area contributed by atoms with Crippen LogP contribution in [0, 0.1) is 11.3 Å². The average Bonchev–Trinajstić information content (AvgIpc) is 2.94. The number of rotatable bonds is 2. The van der Waals surface area contributed by atoms with Crippen molar-refractivity contribution in [2.75, 3.05) is 17.2 Å². The number of aryl methyl sites for hydroxylation is 1. The number of carbonyl (C=O) groups is 1. The van der Waals surface area contributed by atoms with Gasteiger partial charge in [0.1, 0.15) is 11.1 Å². The third-order valence-electron chi connectivity index (χ3n) is 3.32. The third kappa shape index (κ3) is 2.38. The standard InChI is InChI=1S/C15H13N3OS/c16-9-12-5-7-20-15(12)18-14(19)11-3-4-13-10(8-11)2-1-6-17-13/h3-5,7-8,17H,1-2,6H2,(H,18,19). The van der Waals surface area contributed by atoms with Crippen molar-refractivity contribution in [1.29, 1.82) is 5.26 Å². The Morgan fingerprint density at radius 3 is 3.15 bits per heavy atom. The van der Waals surface area contributed by atoms with Crippen LogP contribution >= 0.6 is 11.3 Å². The van der Waals surface area contributed by atoms with E-state index in [9.17, 15) is 4.79 Å². The molecule has 0 aliphatic carbocycles. The SMILES string of the molecule is N#Cc1ccsc1NC(=O)c1ccc2c(c1)CCCN2. The van der Waals surface area contributed by atoms with E-state index < -0.39 is 0 Å². The zero-order valence-corrected chi connectivity index (χ0v) is 11.6. The molecule has 4 nitrogen and oxygen atoms in total. The molecule has 3 rings (SSSR count). The van der Waals surface area contributed by atoms with E-state index in [-0.39, 0.29) is 5.91 Å². The Kier molecular flexibility index (Phi) is 3.40. The first-order chi connectivity index (χ1) is 9.78. The average molecular weight is 283 g/mol. The maximum absolute atomic E-state index is 12.2. The summed E-state index contributed by atoms with van der Waals surface area (Å²) in [5, 5.41) is 17.5. The quantitative estimate of drug-likeness (QED) is 0.889. The van der Waals surface area contributed by atoms with Crippen LogP contribution < -0.4 is 10.6 Å². The number of fused-ring (bicyclic) bond motifs is 1. The minimum Gasteiger partial charge on any atom is -0.385 e. The first-order valence-electron chi connectivity index (χ1n) is 6.43. The summed E-state index contributed by atoms with van der Waals surface area (Å²) in [4.78, 5) is 12.2. The highest BCUT2D eigenvalue weighted by Gasteiger charge is 2.14. The summed E-state index contributed by atoms with van der Waals surface area (Å²) < 4.78 is 0. The zero-order valence-electron chi connectivity index (χ0n) is 10.8. The Labute approximate surface area is 121 Å². The van der Waals surface area contributed by atoms with Gasteiger partial charge in [-0.2, -0.15) is 5.26 Å². The summed E-state index contributed by atoms with van der Waals surface area (Å²) in [5.74, 6) is -0.169. The highest BCUT2D eigenvalue weighted by Crippen LogP contribution is 2.25. The Bertz CT molecular complexity index is 699. The number of benzene rings is 1. The van der Waals surface area contributed by atoms with E-state index in [1.54, 1.807) is 11.4 Å². The summed E-state index contributed by atoms with van der Waals surface area (Å²) in [5.41, 5.74) is 3.42. The molecule has 0 atom stereocenters. The van der Waals surface area contributed by atoms with E-state index in [4.69, 9.17) is 5.26 Å². The highest BCUT2D eigenvalue weighted by molar-refractivity contribution is 7.14. The second-order valence-corrected chi connectivity index (χ2v) is 5.55. The van der Waals surface area contributed by atoms with Crippen LogP contribution in [-0.2, 0) is 6.42 Å². The Hall–Kier alpha value is -2.32. The van der Waals surface area contributed by atoms with Gasteiger partial charge in [-0.25, -0.2) is 0 Å². The molecule has 100 valence electrons. The summed E-state index contributed by atoms with van der Waals surface area (Å²) >= 11 is 1.36. The van der Waals surface area contributed by atoms with Gasteiger partial charge < -0.3 is 10.6 Å². The van der Waals surface area contributed by atoms with Gasteiger partial charge in [0.2, 0.25) is 0 Å². The molecule has 2 heterocycles. The van der Waals surface area contributed by atoms with Crippen molar-refractivity contribution in [3.8, 4) is 6.07 Å². The van der Waals surface area contributed by atoms with Crippen LogP contribution in [0.1, 0.15) is 27.9 Å². The molecule has 1 aromatic heterocycles. The number of nitrogens with one attached hydrogen (secondary N) is 2. The number of nitriles is 1. The summed E-state index contributed by atoms with van der Waals surface area (Å²) in [6.45, 7) is 0.985.